The van der Waals surface area contributed by atoms with Gasteiger partial charge in [-0.1, -0.05) is 154 Å². The molecule has 0 amide bonds. The minimum Gasteiger partial charge on any atom is -0.472 e. The van der Waals surface area contributed by atoms with Crippen molar-refractivity contribution in [2.75, 3.05) is 0 Å². The summed E-state index contributed by atoms with van der Waals surface area (Å²) >= 11 is 5.48. The van der Waals surface area contributed by atoms with Crippen molar-refractivity contribution in [3.63, 3.8) is 0 Å². The van der Waals surface area contributed by atoms with Crippen LogP contribution in [0.3, 0.4) is 0 Å². The molecule has 0 aliphatic carbocycles. The van der Waals surface area contributed by atoms with Gasteiger partial charge in [0.25, 0.3) is 0 Å². The fraction of sp³-hybridized carbons (Fsp3) is 0.526. The van der Waals surface area contributed by atoms with Gasteiger partial charge in [-0.15, -0.1) is 22.7 Å². The van der Waals surface area contributed by atoms with E-state index in [2.05, 4.69) is 222 Å². The molecule has 0 aliphatic rings. The minimum atomic E-state index is 0.451. The van der Waals surface area contributed by atoms with Gasteiger partial charge in [-0.25, -0.2) is 4.52 Å². The molecule has 14 heteroatoms. The highest BCUT2D eigenvalue weighted by Crippen LogP contribution is 2.27. The van der Waals surface area contributed by atoms with E-state index in [9.17, 15) is 0 Å². The maximum absolute atomic E-state index is 5.23. The average Bonchev–Trinajstić information content (AvgIpc) is 4.31. The number of aromatic nitrogens is 4. The van der Waals surface area contributed by atoms with Crippen LogP contribution in [0, 0.1) is 62.3 Å². The Labute approximate surface area is 556 Å². The van der Waals surface area contributed by atoms with Gasteiger partial charge in [0, 0.05) is 44.2 Å². The molecule has 11 nitrogen and oxygen atoms in total. The van der Waals surface area contributed by atoms with Crippen LogP contribution < -0.4 is 4.74 Å². The standard InChI is InChI=1S/3C8H12O.3C8H12S.C7H12NO.3C7H11NO/c1-6(2)8-5-9-4-7(8)3;1-6(2)8-4-5-9-7(8)3;1-6(2)8-7(3)4-5-9-8;1-6(2)8-5-9-4-7(8)3;1-6(2)8-4-5-9-7(8)3;1-6(2)8-7(3)4-5-9-8;1-6(2)7-4-5-9-8(7)3;1-5(2)7-4-9-8-6(7)3;1-5(2)7-4-8-9-6(7)3;1-5(2)7-6(3)4-8-9-7/h7*4-6H,1-3H3;3*4-5H,1-3H3/q;;;;;;+1;;;. The Kier molecular flexibility index (Phi) is 38.9. The zero-order chi connectivity index (χ0) is 68.5. The van der Waals surface area contributed by atoms with Gasteiger partial charge >= 0.3 is 0 Å². The molecule has 0 aromatic carbocycles. The van der Waals surface area contributed by atoms with Crippen LogP contribution in [-0.2, 0) is 7.05 Å². The third-order valence-electron chi connectivity index (χ3n) is 14.5. The lowest BCUT2D eigenvalue weighted by Crippen LogP contribution is -2.30. The topological polar surface area (TPSA) is 135 Å². The predicted octanol–water partition coefficient (Wildman–Crippen LogP) is 25.2. The Morgan fingerprint density at radius 1 is 0.400 bits per heavy atom. The third kappa shape index (κ3) is 29.8. The monoisotopic (exact) mass is 1290 g/mol. The van der Waals surface area contributed by atoms with Crippen LogP contribution in [0.4, 0.5) is 0 Å². The molecule has 90 heavy (non-hydrogen) atoms. The molecule has 0 bridgehead atoms. The Morgan fingerprint density at radius 3 is 1.19 bits per heavy atom. The second kappa shape index (κ2) is 42.8. The van der Waals surface area contributed by atoms with Crippen LogP contribution >= 0.6 is 34.0 Å². The molecule has 0 fully saturated rings. The smallest absolute Gasteiger partial charge is 0.233 e. The van der Waals surface area contributed by atoms with Crippen molar-refractivity contribution in [1.82, 2.24) is 15.5 Å². The number of rotatable bonds is 10. The fourth-order valence-corrected chi connectivity index (χ4v) is 12.2. The van der Waals surface area contributed by atoms with E-state index in [1.807, 2.05) is 81.9 Å². The van der Waals surface area contributed by atoms with E-state index in [1.54, 1.807) is 59.8 Å². The first-order valence-corrected chi connectivity index (χ1v) is 34.7. The van der Waals surface area contributed by atoms with Crippen molar-refractivity contribution in [3.05, 3.63) is 207 Å². The van der Waals surface area contributed by atoms with Crippen molar-refractivity contribution in [2.45, 2.75) is 260 Å². The number of aryl methyl sites for hydroxylation is 10. The zero-order valence-corrected chi connectivity index (χ0v) is 63.4. The first-order chi connectivity index (χ1) is 42.2. The number of hydrogen-bond acceptors (Lipinski definition) is 13. The SMILES string of the molecule is CC(C)c1cco[n+]1C.Cc1ccoc1C(C)C.Cc1ccsc1C(C)C.Cc1cnoc1C(C)C.Cc1cocc1C(C)C.Cc1cscc1C(C)C.Cc1nocc1C(C)C.Cc1occc1C(C)C.Cc1oncc1C(C)C.Cc1sccc1C(C)C. The Hall–Kier alpha value is -6.22. The summed E-state index contributed by atoms with van der Waals surface area (Å²) in [6.45, 7) is 61.8. The molecule has 0 saturated heterocycles. The molecule has 0 unspecified atom stereocenters. The minimum absolute atomic E-state index is 0.451. The molecular formula is C76H117N4O7S3+. The summed E-state index contributed by atoms with van der Waals surface area (Å²) in [6, 6.07) is 10.4. The van der Waals surface area contributed by atoms with E-state index in [4.69, 9.17) is 31.3 Å². The molecule has 500 valence electrons. The van der Waals surface area contributed by atoms with Crippen molar-refractivity contribution in [2.24, 2.45) is 7.05 Å². The zero-order valence-electron chi connectivity index (χ0n) is 61.0. The lowest BCUT2D eigenvalue weighted by Gasteiger charge is -2.01. The van der Waals surface area contributed by atoms with E-state index in [0.717, 1.165) is 34.3 Å². The lowest BCUT2D eigenvalue weighted by molar-refractivity contribution is -0.851. The molecule has 0 radical (unpaired) electrons. The Balaban J connectivity index is 0.000000500. The Bertz CT molecular complexity index is 2630. The molecular weight excluding hydrogens is 1180 g/mol. The highest BCUT2D eigenvalue weighted by molar-refractivity contribution is 7.10. The third-order valence-corrected chi connectivity index (χ3v) is 17.5. The fourth-order valence-electron chi connectivity index (χ4n) is 9.35. The van der Waals surface area contributed by atoms with Crippen molar-refractivity contribution >= 4 is 34.0 Å². The largest absolute Gasteiger partial charge is 0.472 e. The van der Waals surface area contributed by atoms with Gasteiger partial charge in [-0.05, 0) is 199 Å². The lowest BCUT2D eigenvalue weighted by atomic mass is 10.0. The van der Waals surface area contributed by atoms with Crippen LogP contribution in [0.5, 0.6) is 0 Å². The summed E-state index contributed by atoms with van der Waals surface area (Å²) in [6.07, 6.45) is 14.0. The molecule has 0 atom stereocenters. The number of hydrogen-bond donors (Lipinski definition) is 0. The average molecular weight is 1290 g/mol. The highest BCUT2D eigenvalue weighted by atomic mass is 32.1. The number of nitrogens with zero attached hydrogens (tertiary/aromatic N) is 4. The number of thiophene rings is 3. The summed E-state index contributed by atoms with van der Waals surface area (Å²) in [5.41, 5.74) is 16.8. The summed E-state index contributed by atoms with van der Waals surface area (Å²) < 4.78 is 36.8. The molecule has 10 aromatic rings. The van der Waals surface area contributed by atoms with Crippen LogP contribution in [0.1, 0.15) is 303 Å². The van der Waals surface area contributed by atoms with Crippen LogP contribution in [0.2, 0.25) is 0 Å². The summed E-state index contributed by atoms with van der Waals surface area (Å²) in [7, 11) is 1.91. The molecule has 0 saturated carbocycles. The quantitative estimate of drug-likeness (QED) is 0.122. The second-order valence-electron chi connectivity index (χ2n) is 25.8. The first-order valence-electron chi connectivity index (χ1n) is 32.0. The Morgan fingerprint density at radius 2 is 0.967 bits per heavy atom. The van der Waals surface area contributed by atoms with E-state index in [1.165, 1.54) is 71.1 Å². The molecule has 0 spiro atoms. The van der Waals surface area contributed by atoms with E-state index in [-0.39, 0.29) is 0 Å². The van der Waals surface area contributed by atoms with Gasteiger partial charge in [0.2, 0.25) is 5.69 Å². The van der Waals surface area contributed by atoms with Gasteiger partial charge in [0.15, 0.2) is 13.3 Å². The van der Waals surface area contributed by atoms with Crippen molar-refractivity contribution < 1.29 is 36.1 Å². The molecule has 10 aromatic heterocycles. The van der Waals surface area contributed by atoms with Gasteiger partial charge in [-0.2, -0.15) is 11.3 Å². The van der Waals surface area contributed by atoms with E-state index < -0.39 is 0 Å². The normalized spacial score (nSPS) is 10.7. The van der Waals surface area contributed by atoms with Gasteiger partial charge in [0.05, 0.1) is 49.2 Å². The van der Waals surface area contributed by atoms with Crippen molar-refractivity contribution in [3.8, 4) is 0 Å². The van der Waals surface area contributed by atoms with Gasteiger partial charge in [-0.3, -0.25) is 0 Å². The number of furan rings is 3. The second-order valence-corrected chi connectivity index (χ2v) is 28.6. The summed E-state index contributed by atoms with van der Waals surface area (Å²) in [5.74, 6) is 9.90. The molecule has 0 aliphatic heterocycles. The van der Waals surface area contributed by atoms with Crippen LogP contribution in [-0.4, -0.2) is 15.5 Å². The highest BCUT2D eigenvalue weighted by Gasteiger charge is 2.13. The molecule has 10 rings (SSSR count). The van der Waals surface area contributed by atoms with E-state index >= 15 is 0 Å². The maximum Gasteiger partial charge on any atom is 0.233 e. The molecule has 10 heterocycles. The summed E-state index contributed by atoms with van der Waals surface area (Å²) in [4.78, 5) is 2.99. The van der Waals surface area contributed by atoms with Crippen molar-refractivity contribution in [1.29, 1.82) is 0 Å². The maximum atomic E-state index is 5.23. The van der Waals surface area contributed by atoms with Gasteiger partial charge in [0.1, 0.15) is 29.3 Å². The first kappa shape index (κ1) is 81.8. The van der Waals surface area contributed by atoms with Gasteiger partial charge < -0.3 is 26.8 Å². The van der Waals surface area contributed by atoms with Crippen LogP contribution in [0.15, 0.2) is 133 Å². The summed E-state index contributed by atoms with van der Waals surface area (Å²) in [5, 5.41) is 19.9. The van der Waals surface area contributed by atoms with E-state index in [0.29, 0.717) is 59.2 Å². The predicted molar refractivity (Wildman–Crippen MR) is 382 cm³/mol. The molecule has 0 N–H and O–H groups in total. The van der Waals surface area contributed by atoms with Crippen LogP contribution in [0.25, 0.3) is 0 Å².